The molecule has 0 atom stereocenters. The first-order chi connectivity index (χ1) is 7.17. The second-order valence-corrected chi connectivity index (χ2v) is 2.86. The predicted octanol–water partition coefficient (Wildman–Crippen LogP) is 2.42. The summed E-state index contributed by atoms with van der Waals surface area (Å²) in [4.78, 5) is 22.2. The van der Waals surface area contributed by atoms with Gasteiger partial charge in [-0.3, -0.25) is 4.79 Å². The molecule has 0 unspecified atom stereocenters. The normalized spacial score (nSPS) is 9.47. The third-order valence-electron chi connectivity index (χ3n) is 1.84. The summed E-state index contributed by atoms with van der Waals surface area (Å²) in [7, 11) is 1.23. The topological polar surface area (TPSA) is 52.6 Å². The molecule has 0 fully saturated rings. The summed E-state index contributed by atoms with van der Waals surface area (Å²) in [6.07, 6.45) is -0.377. The average Bonchev–Trinajstić information content (AvgIpc) is 2.28. The van der Waals surface area contributed by atoms with Crippen molar-refractivity contribution in [2.45, 2.75) is 13.3 Å². The van der Waals surface area contributed by atoms with E-state index in [1.165, 1.54) is 13.2 Å². The fraction of sp³-hybridized carbons (Fsp3) is 0.273. The Morgan fingerprint density at radius 2 is 2.07 bits per heavy atom. The van der Waals surface area contributed by atoms with Crippen LogP contribution >= 0.6 is 0 Å². The molecular weight excluding hydrogens is 196 g/mol. The summed E-state index contributed by atoms with van der Waals surface area (Å²) < 4.78 is 9.12. The Morgan fingerprint density at radius 3 is 2.67 bits per heavy atom. The van der Waals surface area contributed by atoms with Gasteiger partial charge >= 0.3 is 6.16 Å². The molecule has 0 aromatic heterocycles. The summed E-state index contributed by atoms with van der Waals surface area (Å²) in [6.45, 7) is 1.77. The number of hydrogen-bond acceptors (Lipinski definition) is 4. The van der Waals surface area contributed by atoms with E-state index in [0.29, 0.717) is 17.7 Å². The van der Waals surface area contributed by atoms with Gasteiger partial charge < -0.3 is 9.47 Å². The van der Waals surface area contributed by atoms with Gasteiger partial charge in [0.05, 0.1) is 7.11 Å². The Labute approximate surface area is 87.8 Å². The Balaban J connectivity index is 2.83. The maximum absolute atomic E-state index is 11.3. The SMILES string of the molecule is CCC(=O)c1cccc(OC(=O)OC)c1. The van der Waals surface area contributed by atoms with Crippen LogP contribution in [0.2, 0.25) is 0 Å². The molecule has 0 amide bonds. The van der Waals surface area contributed by atoms with Crippen LogP contribution in [0, 0.1) is 0 Å². The van der Waals surface area contributed by atoms with E-state index in [1.807, 2.05) is 0 Å². The average molecular weight is 208 g/mol. The summed E-state index contributed by atoms with van der Waals surface area (Å²) in [5.41, 5.74) is 0.527. The smallest absolute Gasteiger partial charge is 0.437 e. The molecule has 0 aliphatic heterocycles. The summed E-state index contributed by atoms with van der Waals surface area (Å²) in [5.74, 6) is 0.312. The molecule has 1 aromatic carbocycles. The van der Waals surface area contributed by atoms with Crippen LogP contribution in [0.1, 0.15) is 23.7 Å². The highest BCUT2D eigenvalue weighted by atomic mass is 16.7. The molecule has 0 spiro atoms. The Bertz CT molecular complexity index is 371. The number of ketones is 1. The lowest BCUT2D eigenvalue weighted by Crippen LogP contribution is -2.07. The van der Waals surface area contributed by atoms with Crippen molar-refractivity contribution in [1.29, 1.82) is 0 Å². The molecule has 15 heavy (non-hydrogen) atoms. The van der Waals surface area contributed by atoms with Crippen LogP contribution in [0.3, 0.4) is 0 Å². The first-order valence-corrected chi connectivity index (χ1v) is 4.56. The van der Waals surface area contributed by atoms with Gasteiger partial charge in [0.25, 0.3) is 0 Å². The van der Waals surface area contributed by atoms with Crippen molar-refractivity contribution in [1.82, 2.24) is 0 Å². The molecule has 4 heteroatoms. The Morgan fingerprint density at radius 1 is 1.33 bits per heavy atom. The van der Waals surface area contributed by atoms with E-state index in [1.54, 1.807) is 25.1 Å². The molecule has 4 nitrogen and oxygen atoms in total. The third-order valence-corrected chi connectivity index (χ3v) is 1.84. The predicted molar refractivity (Wildman–Crippen MR) is 54.1 cm³/mol. The third kappa shape index (κ3) is 3.09. The number of hydrogen-bond donors (Lipinski definition) is 0. The van der Waals surface area contributed by atoms with Crippen LogP contribution in [-0.4, -0.2) is 19.0 Å². The van der Waals surface area contributed by atoms with Crippen molar-refractivity contribution in [3.05, 3.63) is 29.8 Å². The van der Waals surface area contributed by atoms with Crippen LogP contribution in [0.25, 0.3) is 0 Å². The van der Waals surface area contributed by atoms with Crippen molar-refractivity contribution in [3.63, 3.8) is 0 Å². The van der Waals surface area contributed by atoms with Crippen molar-refractivity contribution in [2.24, 2.45) is 0 Å². The molecule has 0 saturated carbocycles. The number of carbonyl (C=O) groups excluding carboxylic acids is 2. The van der Waals surface area contributed by atoms with Gasteiger partial charge in [0.1, 0.15) is 5.75 Å². The molecular formula is C11H12O4. The summed E-state index contributed by atoms with van der Waals surface area (Å²) >= 11 is 0. The zero-order valence-electron chi connectivity index (χ0n) is 8.65. The molecule has 0 radical (unpaired) electrons. The zero-order valence-corrected chi connectivity index (χ0v) is 8.65. The van der Waals surface area contributed by atoms with Crippen LogP contribution < -0.4 is 4.74 Å². The summed E-state index contributed by atoms with van der Waals surface area (Å²) in [6, 6.07) is 6.43. The highest BCUT2D eigenvalue weighted by molar-refractivity contribution is 5.96. The van der Waals surface area contributed by atoms with Gasteiger partial charge in [-0.25, -0.2) is 4.79 Å². The molecule has 0 aliphatic rings. The second kappa shape index (κ2) is 5.14. The first-order valence-electron chi connectivity index (χ1n) is 4.56. The Kier molecular flexibility index (Phi) is 3.85. The van der Waals surface area contributed by atoms with Crippen LogP contribution in [0.5, 0.6) is 5.75 Å². The Hall–Kier alpha value is -1.84. The van der Waals surface area contributed by atoms with Crippen LogP contribution in [0.15, 0.2) is 24.3 Å². The van der Waals surface area contributed by atoms with E-state index < -0.39 is 6.16 Å². The lowest BCUT2D eigenvalue weighted by atomic mass is 10.1. The number of rotatable bonds is 3. The quantitative estimate of drug-likeness (QED) is 0.435. The lowest BCUT2D eigenvalue weighted by Gasteiger charge is -2.03. The number of carbonyl (C=O) groups is 2. The minimum atomic E-state index is -0.795. The van der Waals surface area contributed by atoms with Crippen molar-refractivity contribution in [2.75, 3.05) is 7.11 Å². The largest absolute Gasteiger partial charge is 0.513 e. The molecule has 1 aromatic rings. The van der Waals surface area contributed by atoms with E-state index in [4.69, 9.17) is 4.74 Å². The number of ether oxygens (including phenoxy) is 2. The molecule has 0 bridgehead atoms. The highest BCUT2D eigenvalue weighted by Crippen LogP contribution is 2.15. The van der Waals surface area contributed by atoms with Gasteiger partial charge in [-0.15, -0.1) is 0 Å². The van der Waals surface area contributed by atoms with Crippen LogP contribution in [-0.2, 0) is 4.74 Å². The van der Waals surface area contributed by atoms with E-state index in [0.717, 1.165) is 0 Å². The molecule has 0 aliphatic carbocycles. The minimum Gasteiger partial charge on any atom is -0.437 e. The van der Waals surface area contributed by atoms with E-state index in [9.17, 15) is 9.59 Å². The highest BCUT2D eigenvalue weighted by Gasteiger charge is 2.07. The van der Waals surface area contributed by atoms with Gasteiger partial charge in [-0.05, 0) is 12.1 Å². The van der Waals surface area contributed by atoms with Gasteiger partial charge in [0, 0.05) is 12.0 Å². The minimum absolute atomic E-state index is 0.00492. The van der Waals surface area contributed by atoms with Gasteiger partial charge in [0.2, 0.25) is 0 Å². The van der Waals surface area contributed by atoms with E-state index in [2.05, 4.69) is 4.74 Å². The molecule has 80 valence electrons. The molecule has 1 rings (SSSR count). The molecule has 0 saturated heterocycles. The first kappa shape index (κ1) is 11.2. The van der Waals surface area contributed by atoms with Crippen molar-refractivity contribution in [3.8, 4) is 5.75 Å². The van der Waals surface area contributed by atoms with Gasteiger partial charge in [-0.2, -0.15) is 0 Å². The monoisotopic (exact) mass is 208 g/mol. The van der Waals surface area contributed by atoms with E-state index in [-0.39, 0.29) is 5.78 Å². The molecule has 0 N–H and O–H groups in total. The summed E-state index contributed by atoms with van der Waals surface area (Å²) in [5, 5.41) is 0. The number of methoxy groups -OCH3 is 1. The fourth-order valence-electron chi connectivity index (χ4n) is 1.08. The van der Waals surface area contributed by atoms with Crippen molar-refractivity contribution < 1.29 is 19.1 Å². The lowest BCUT2D eigenvalue weighted by molar-refractivity contribution is 0.0985. The molecule has 0 heterocycles. The van der Waals surface area contributed by atoms with Crippen LogP contribution in [0.4, 0.5) is 4.79 Å². The zero-order chi connectivity index (χ0) is 11.3. The van der Waals surface area contributed by atoms with Gasteiger partial charge in [0.15, 0.2) is 5.78 Å². The maximum Gasteiger partial charge on any atom is 0.513 e. The second-order valence-electron chi connectivity index (χ2n) is 2.86. The van der Waals surface area contributed by atoms with E-state index >= 15 is 0 Å². The fourth-order valence-corrected chi connectivity index (χ4v) is 1.08. The number of Topliss-reactive ketones (excluding diaryl/α,β-unsaturated/α-hetero) is 1. The van der Waals surface area contributed by atoms with Crippen molar-refractivity contribution >= 4 is 11.9 Å². The maximum atomic E-state index is 11.3. The van der Waals surface area contributed by atoms with Gasteiger partial charge in [-0.1, -0.05) is 19.1 Å². The standard InChI is InChI=1S/C11H12O4/c1-3-10(12)8-5-4-6-9(7-8)15-11(13)14-2/h4-7H,3H2,1-2H3. The number of benzene rings is 1.